The minimum atomic E-state index is -4.16. The van der Waals surface area contributed by atoms with E-state index in [1.165, 1.54) is 71.1 Å². The van der Waals surface area contributed by atoms with Gasteiger partial charge in [-0.3, -0.25) is 9.10 Å². The predicted octanol–water partition coefficient (Wildman–Crippen LogP) is 3.51. The fourth-order valence-electron chi connectivity index (χ4n) is 3.46. The molecule has 0 spiro atoms. The molecule has 12 nitrogen and oxygen atoms in total. The van der Waals surface area contributed by atoms with Gasteiger partial charge in [-0.2, -0.15) is 5.10 Å². The van der Waals surface area contributed by atoms with Gasteiger partial charge < -0.3 is 23.7 Å². The van der Waals surface area contributed by atoms with Crippen LogP contribution < -0.4 is 28.7 Å². The van der Waals surface area contributed by atoms with Crippen LogP contribution in [-0.2, 0) is 19.6 Å². The lowest BCUT2D eigenvalue weighted by Crippen LogP contribution is -2.39. The Balaban J connectivity index is 1.85. The third kappa shape index (κ3) is 7.20. The van der Waals surface area contributed by atoms with Crippen molar-refractivity contribution in [2.75, 3.05) is 39.3 Å². The van der Waals surface area contributed by atoms with E-state index in [4.69, 9.17) is 18.9 Å². The molecule has 0 atom stereocenters. The molecule has 0 heterocycles. The van der Waals surface area contributed by atoms with Crippen molar-refractivity contribution in [2.24, 2.45) is 5.10 Å². The predicted molar refractivity (Wildman–Crippen MR) is 147 cm³/mol. The second kappa shape index (κ2) is 13.3. The van der Waals surface area contributed by atoms with Gasteiger partial charge in [0.1, 0.15) is 6.54 Å². The maximum atomic E-state index is 13.6. The summed E-state index contributed by atoms with van der Waals surface area (Å²) in [7, 11) is 1.29. The summed E-state index contributed by atoms with van der Waals surface area (Å²) in [5.74, 6) is 0.328. The highest BCUT2D eigenvalue weighted by Crippen LogP contribution is 2.34. The van der Waals surface area contributed by atoms with Gasteiger partial charge in [0.2, 0.25) is 0 Å². The van der Waals surface area contributed by atoms with Crippen molar-refractivity contribution in [3.63, 3.8) is 0 Å². The van der Waals surface area contributed by atoms with Gasteiger partial charge in [0, 0.05) is 6.07 Å². The zero-order chi connectivity index (χ0) is 29.3. The fourth-order valence-corrected chi connectivity index (χ4v) is 4.87. The van der Waals surface area contributed by atoms with Crippen molar-refractivity contribution < 1.29 is 41.7 Å². The SMILES string of the molecule is COC(=O)Oc1ccc(/C=N/NC(=O)CN(c2ccc(OC)c(OC)c2)S(=O)(=O)c2ccc(C)cc2)cc1OC. The number of hydrogen-bond acceptors (Lipinski definition) is 10. The number of nitrogens with zero attached hydrogens (tertiary/aromatic N) is 2. The number of benzene rings is 3. The first-order valence-corrected chi connectivity index (χ1v) is 13.1. The van der Waals surface area contributed by atoms with Crippen LogP contribution in [0.3, 0.4) is 0 Å². The van der Waals surface area contributed by atoms with Crippen LogP contribution in [-0.4, -0.2) is 61.7 Å². The highest BCUT2D eigenvalue weighted by molar-refractivity contribution is 7.92. The van der Waals surface area contributed by atoms with Crippen LogP contribution in [0.2, 0.25) is 0 Å². The number of aryl methyl sites for hydroxylation is 1. The Labute approximate surface area is 232 Å². The van der Waals surface area contributed by atoms with Crippen LogP contribution in [0.25, 0.3) is 0 Å². The summed E-state index contributed by atoms with van der Waals surface area (Å²) in [6.45, 7) is 1.25. The molecule has 0 fully saturated rings. The van der Waals surface area contributed by atoms with Crippen LogP contribution >= 0.6 is 0 Å². The average Bonchev–Trinajstić information content (AvgIpc) is 2.96. The van der Waals surface area contributed by atoms with E-state index in [-0.39, 0.29) is 27.8 Å². The molecule has 1 N–H and O–H groups in total. The molecular formula is C27H29N3O9S. The summed E-state index contributed by atoms with van der Waals surface area (Å²) < 4.78 is 53.4. The van der Waals surface area contributed by atoms with Gasteiger partial charge in [-0.1, -0.05) is 17.7 Å². The largest absolute Gasteiger partial charge is 0.513 e. The van der Waals surface area contributed by atoms with E-state index in [1.807, 2.05) is 6.92 Å². The topological polar surface area (TPSA) is 142 Å². The van der Waals surface area contributed by atoms with E-state index in [2.05, 4.69) is 15.3 Å². The van der Waals surface area contributed by atoms with Crippen molar-refractivity contribution in [1.82, 2.24) is 5.43 Å². The maximum absolute atomic E-state index is 13.6. The van der Waals surface area contributed by atoms with Gasteiger partial charge >= 0.3 is 6.16 Å². The molecule has 0 saturated carbocycles. The first-order chi connectivity index (χ1) is 19.1. The molecule has 13 heteroatoms. The summed E-state index contributed by atoms with van der Waals surface area (Å²) >= 11 is 0. The molecule has 40 heavy (non-hydrogen) atoms. The monoisotopic (exact) mass is 571 g/mol. The van der Waals surface area contributed by atoms with Gasteiger partial charge in [0.05, 0.1) is 45.2 Å². The Morgan fingerprint density at radius 2 is 1.48 bits per heavy atom. The minimum absolute atomic E-state index is 0.00513. The summed E-state index contributed by atoms with van der Waals surface area (Å²) in [5.41, 5.74) is 3.89. The number of hydrazone groups is 1. The van der Waals surface area contributed by atoms with E-state index in [9.17, 15) is 18.0 Å². The number of sulfonamides is 1. The summed E-state index contributed by atoms with van der Waals surface area (Å²) in [5, 5.41) is 3.92. The van der Waals surface area contributed by atoms with Gasteiger partial charge in [0.25, 0.3) is 15.9 Å². The normalized spacial score (nSPS) is 11.0. The Bertz CT molecular complexity index is 1490. The summed E-state index contributed by atoms with van der Waals surface area (Å²) in [6, 6.07) is 15.3. The Morgan fingerprint density at radius 1 is 0.850 bits per heavy atom. The molecule has 3 aromatic rings. The second-order valence-corrected chi connectivity index (χ2v) is 9.99. The van der Waals surface area contributed by atoms with Gasteiger partial charge in [-0.15, -0.1) is 0 Å². The standard InChI is InChI=1S/C27H29N3O9S/c1-18-6-10-21(11-7-18)40(33,34)30(20-9-13-22(35-2)25(15-20)37-4)17-26(31)29-28-16-19-8-12-23(24(14-19)36-3)39-27(32)38-5/h6-16H,17H2,1-5H3,(H,29,31)/b28-16+. The van der Waals surface area contributed by atoms with E-state index < -0.39 is 28.6 Å². The van der Waals surface area contributed by atoms with E-state index >= 15 is 0 Å². The third-order valence-electron chi connectivity index (χ3n) is 5.50. The molecule has 3 rings (SSSR count). The second-order valence-electron chi connectivity index (χ2n) is 8.12. The number of rotatable bonds is 11. The smallest absolute Gasteiger partial charge is 0.493 e. The fraction of sp³-hybridized carbons (Fsp3) is 0.222. The molecule has 0 aliphatic heterocycles. The number of amides is 1. The van der Waals surface area contributed by atoms with Crippen LogP contribution in [0.1, 0.15) is 11.1 Å². The Hall–Kier alpha value is -4.78. The molecule has 0 aliphatic carbocycles. The zero-order valence-corrected chi connectivity index (χ0v) is 23.4. The lowest BCUT2D eigenvalue weighted by molar-refractivity contribution is -0.119. The molecule has 1 amide bonds. The van der Waals surface area contributed by atoms with E-state index in [0.717, 1.165) is 9.87 Å². The molecule has 0 bridgehead atoms. The number of hydrogen-bond donors (Lipinski definition) is 1. The zero-order valence-electron chi connectivity index (χ0n) is 22.5. The third-order valence-corrected chi connectivity index (χ3v) is 7.29. The van der Waals surface area contributed by atoms with Crippen LogP contribution in [0, 0.1) is 6.92 Å². The average molecular weight is 572 g/mol. The van der Waals surface area contributed by atoms with E-state index in [0.29, 0.717) is 11.3 Å². The van der Waals surface area contributed by atoms with E-state index in [1.54, 1.807) is 24.3 Å². The number of methoxy groups -OCH3 is 4. The maximum Gasteiger partial charge on any atom is 0.513 e. The van der Waals surface area contributed by atoms with Gasteiger partial charge in [-0.25, -0.2) is 18.6 Å². The van der Waals surface area contributed by atoms with Crippen LogP contribution in [0.5, 0.6) is 23.0 Å². The first-order valence-electron chi connectivity index (χ1n) is 11.7. The van der Waals surface area contributed by atoms with Crippen LogP contribution in [0.4, 0.5) is 10.5 Å². The number of carbonyl (C=O) groups excluding carboxylic acids is 2. The Kier molecular flexibility index (Phi) is 9.92. The number of anilines is 1. The van der Waals surface area contributed by atoms with Crippen molar-refractivity contribution in [2.45, 2.75) is 11.8 Å². The number of carbonyl (C=O) groups is 2. The molecule has 3 aromatic carbocycles. The summed E-state index contributed by atoms with van der Waals surface area (Å²) in [4.78, 5) is 24.3. The lowest BCUT2D eigenvalue weighted by atomic mass is 10.2. The molecule has 0 radical (unpaired) electrons. The first kappa shape index (κ1) is 29.8. The highest BCUT2D eigenvalue weighted by atomic mass is 32.2. The molecule has 0 aliphatic rings. The molecule has 0 unspecified atom stereocenters. The lowest BCUT2D eigenvalue weighted by Gasteiger charge is -2.24. The van der Waals surface area contributed by atoms with Gasteiger partial charge in [0.15, 0.2) is 23.0 Å². The molecule has 212 valence electrons. The minimum Gasteiger partial charge on any atom is -0.493 e. The van der Waals surface area contributed by atoms with Crippen molar-refractivity contribution >= 4 is 34.0 Å². The van der Waals surface area contributed by atoms with Crippen molar-refractivity contribution in [3.8, 4) is 23.0 Å². The number of nitrogens with one attached hydrogen (secondary N) is 1. The molecule has 0 aromatic heterocycles. The summed E-state index contributed by atoms with van der Waals surface area (Å²) in [6.07, 6.45) is 0.406. The Morgan fingerprint density at radius 3 is 2.10 bits per heavy atom. The van der Waals surface area contributed by atoms with Gasteiger partial charge in [-0.05, 0) is 55.0 Å². The highest BCUT2D eigenvalue weighted by Gasteiger charge is 2.28. The van der Waals surface area contributed by atoms with Crippen LogP contribution in [0.15, 0.2) is 70.7 Å². The van der Waals surface area contributed by atoms with Crippen molar-refractivity contribution in [3.05, 3.63) is 71.8 Å². The molecular weight excluding hydrogens is 542 g/mol. The van der Waals surface area contributed by atoms with Crippen molar-refractivity contribution in [1.29, 1.82) is 0 Å². The quantitative estimate of drug-likeness (QED) is 0.158. The number of ether oxygens (including phenoxy) is 5. The molecule has 0 saturated heterocycles.